The number of benzene rings is 1. The van der Waals surface area contributed by atoms with Crippen LogP contribution in [-0.2, 0) is 7.05 Å². The highest BCUT2D eigenvalue weighted by Crippen LogP contribution is 2.35. The van der Waals surface area contributed by atoms with Crippen LogP contribution < -0.4 is 5.32 Å². The van der Waals surface area contributed by atoms with E-state index in [9.17, 15) is 10.1 Å². The summed E-state index contributed by atoms with van der Waals surface area (Å²) in [7, 11) is 1.87. The van der Waals surface area contributed by atoms with Crippen LogP contribution in [0.2, 0.25) is 0 Å². The fourth-order valence-electron chi connectivity index (χ4n) is 2.76. The smallest absolute Gasteiger partial charge is 0.283 e. The van der Waals surface area contributed by atoms with Gasteiger partial charge in [0.2, 0.25) is 0 Å². The average Bonchev–Trinajstić information content (AvgIpc) is 2.96. The molecule has 24 heavy (non-hydrogen) atoms. The summed E-state index contributed by atoms with van der Waals surface area (Å²) in [4.78, 5) is 11.1. The van der Waals surface area contributed by atoms with E-state index in [2.05, 4.69) is 15.5 Å². The Hall–Kier alpha value is -2.44. The molecule has 1 aromatic carbocycles. The van der Waals surface area contributed by atoms with Crippen molar-refractivity contribution in [1.29, 1.82) is 5.26 Å². The highest BCUT2D eigenvalue weighted by Gasteiger charge is 2.23. The molecule has 1 aromatic heterocycles. The Labute approximate surface area is 143 Å². The molecule has 1 saturated heterocycles. The van der Waals surface area contributed by atoms with Gasteiger partial charge < -0.3 is 9.88 Å². The molecule has 9 heteroatoms. The lowest BCUT2D eigenvalue weighted by molar-refractivity contribution is -0.387. The van der Waals surface area contributed by atoms with Crippen molar-refractivity contribution in [3.63, 3.8) is 0 Å². The second-order valence-corrected chi connectivity index (χ2v) is 6.61. The number of nitriles is 1. The zero-order chi connectivity index (χ0) is 17.1. The maximum atomic E-state index is 11.2. The van der Waals surface area contributed by atoms with Gasteiger partial charge in [0.15, 0.2) is 5.16 Å². The summed E-state index contributed by atoms with van der Waals surface area (Å²) in [5.41, 5.74) is 0.338. The van der Waals surface area contributed by atoms with Gasteiger partial charge >= 0.3 is 0 Å². The van der Waals surface area contributed by atoms with Gasteiger partial charge in [-0.2, -0.15) is 5.26 Å². The van der Waals surface area contributed by atoms with Crippen LogP contribution in [0.4, 0.5) is 5.69 Å². The summed E-state index contributed by atoms with van der Waals surface area (Å²) in [6, 6.07) is 6.31. The minimum Gasteiger partial charge on any atom is -0.316 e. The van der Waals surface area contributed by atoms with E-state index in [1.165, 1.54) is 18.2 Å². The Morgan fingerprint density at radius 3 is 3.00 bits per heavy atom. The fraction of sp³-hybridized carbons (Fsp3) is 0.400. The predicted molar refractivity (Wildman–Crippen MR) is 87.8 cm³/mol. The second-order valence-electron chi connectivity index (χ2n) is 5.60. The first-order chi connectivity index (χ1) is 11.6. The van der Waals surface area contributed by atoms with Gasteiger partial charge in [-0.15, -0.1) is 10.2 Å². The van der Waals surface area contributed by atoms with Crippen molar-refractivity contribution in [2.24, 2.45) is 7.05 Å². The maximum Gasteiger partial charge on any atom is 0.283 e. The lowest BCUT2D eigenvalue weighted by Crippen LogP contribution is -2.29. The zero-order valence-corrected chi connectivity index (χ0v) is 13.9. The van der Waals surface area contributed by atoms with Crippen LogP contribution in [0.15, 0.2) is 28.3 Å². The Morgan fingerprint density at radius 1 is 1.50 bits per heavy atom. The van der Waals surface area contributed by atoms with Crippen molar-refractivity contribution in [2.75, 3.05) is 13.1 Å². The Bertz CT molecular complexity index is 807. The van der Waals surface area contributed by atoms with Gasteiger partial charge in [0, 0.05) is 25.6 Å². The molecule has 8 nitrogen and oxygen atoms in total. The SMILES string of the molecule is Cn1c(Sc2cc(C#N)ccc2[N+](=O)[O-])nnc1[C@H]1CCCNC1. The molecule has 1 aliphatic heterocycles. The molecule has 2 heterocycles. The summed E-state index contributed by atoms with van der Waals surface area (Å²) < 4.78 is 1.88. The first-order valence-electron chi connectivity index (χ1n) is 7.56. The molecule has 0 radical (unpaired) electrons. The normalized spacial score (nSPS) is 17.4. The van der Waals surface area contributed by atoms with Crippen LogP contribution in [0.5, 0.6) is 0 Å². The van der Waals surface area contributed by atoms with Gasteiger partial charge in [0.25, 0.3) is 5.69 Å². The Morgan fingerprint density at radius 2 is 2.33 bits per heavy atom. The molecule has 1 fully saturated rings. The Kier molecular flexibility index (Phi) is 4.78. The van der Waals surface area contributed by atoms with Crippen LogP contribution in [0.1, 0.15) is 30.1 Å². The van der Waals surface area contributed by atoms with E-state index < -0.39 is 4.92 Å². The molecule has 2 aromatic rings. The third-order valence-corrected chi connectivity index (χ3v) is 5.10. The minimum atomic E-state index is -0.453. The summed E-state index contributed by atoms with van der Waals surface area (Å²) in [5, 5.41) is 32.6. The zero-order valence-electron chi connectivity index (χ0n) is 13.1. The average molecular weight is 344 g/mol. The van der Waals surface area contributed by atoms with E-state index in [0.29, 0.717) is 21.5 Å². The van der Waals surface area contributed by atoms with Crippen molar-refractivity contribution >= 4 is 17.4 Å². The van der Waals surface area contributed by atoms with Crippen LogP contribution in [0.3, 0.4) is 0 Å². The predicted octanol–water partition coefficient (Wildman–Crippen LogP) is 2.21. The van der Waals surface area contributed by atoms with E-state index in [0.717, 1.165) is 43.5 Å². The van der Waals surface area contributed by atoms with Crippen molar-refractivity contribution in [3.05, 3.63) is 39.7 Å². The number of hydrogen-bond acceptors (Lipinski definition) is 7. The molecule has 124 valence electrons. The summed E-state index contributed by atoms with van der Waals surface area (Å²) in [5.74, 6) is 1.18. The molecule has 0 aliphatic carbocycles. The van der Waals surface area contributed by atoms with Gasteiger partial charge in [-0.1, -0.05) is 0 Å². The molecule has 0 spiro atoms. The monoisotopic (exact) mass is 344 g/mol. The molecule has 3 rings (SSSR count). The van der Waals surface area contributed by atoms with E-state index in [1.807, 2.05) is 17.7 Å². The molecular formula is C15H16N6O2S. The highest BCUT2D eigenvalue weighted by atomic mass is 32.2. The largest absolute Gasteiger partial charge is 0.316 e. The Balaban J connectivity index is 1.90. The number of nitrogens with one attached hydrogen (secondary N) is 1. The van der Waals surface area contributed by atoms with Gasteiger partial charge in [-0.25, -0.2) is 0 Å². The van der Waals surface area contributed by atoms with Gasteiger partial charge in [-0.3, -0.25) is 10.1 Å². The third-order valence-electron chi connectivity index (χ3n) is 4.02. The third kappa shape index (κ3) is 3.25. The molecular weight excluding hydrogens is 328 g/mol. The molecule has 0 bridgehead atoms. The second kappa shape index (κ2) is 6.98. The van der Waals surface area contributed by atoms with Crippen molar-refractivity contribution in [2.45, 2.75) is 28.8 Å². The summed E-state index contributed by atoms with van der Waals surface area (Å²) >= 11 is 1.16. The molecule has 1 aliphatic rings. The number of aromatic nitrogens is 3. The van der Waals surface area contributed by atoms with E-state index >= 15 is 0 Å². The number of hydrogen-bond donors (Lipinski definition) is 1. The molecule has 1 atom stereocenters. The minimum absolute atomic E-state index is 0.0390. The topological polar surface area (TPSA) is 110 Å². The highest BCUT2D eigenvalue weighted by molar-refractivity contribution is 7.99. The quantitative estimate of drug-likeness (QED) is 0.669. The van der Waals surface area contributed by atoms with Crippen molar-refractivity contribution in [3.8, 4) is 6.07 Å². The standard InChI is InChI=1S/C15H16N6O2S/c1-20-14(11-3-2-6-17-9-11)18-19-15(20)24-13-7-10(8-16)4-5-12(13)21(22)23/h4-5,7,11,17H,2-3,6,9H2,1H3/t11-/m0/s1. The van der Waals surface area contributed by atoms with Gasteiger partial charge in [0.05, 0.1) is 21.5 Å². The lowest BCUT2D eigenvalue weighted by atomic mass is 9.99. The van der Waals surface area contributed by atoms with E-state index in [-0.39, 0.29) is 5.69 Å². The van der Waals surface area contributed by atoms with Crippen molar-refractivity contribution in [1.82, 2.24) is 20.1 Å². The number of piperidine rings is 1. The summed E-state index contributed by atoms with van der Waals surface area (Å²) in [6.45, 7) is 1.88. The fourth-order valence-corrected chi connectivity index (χ4v) is 3.70. The van der Waals surface area contributed by atoms with Crippen LogP contribution in [0.25, 0.3) is 0 Å². The molecule has 1 N–H and O–H groups in total. The first-order valence-corrected chi connectivity index (χ1v) is 8.38. The number of rotatable bonds is 4. The van der Waals surface area contributed by atoms with Crippen LogP contribution in [0, 0.1) is 21.4 Å². The number of nitro groups is 1. The first kappa shape index (κ1) is 16.4. The lowest BCUT2D eigenvalue weighted by Gasteiger charge is -2.21. The number of nitrogens with zero attached hydrogens (tertiary/aromatic N) is 5. The molecule has 0 unspecified atom stereocenters. The van der Waals surface area contributed by atoms with E-state index in [1.54, 1.807) is 0 Å². The maximum absolute atomic E-state index is 11.2. The van der Waals surface area contributed by atoms with Crippen LogP contribution in [-0.4, -0.2) is 32.8 Å². The molecule has 0 amide bonds. The molecule has 0 saturated carbocycles. The summed E-state index contributed by atoms with van der Waals surface area (Å²) in [6.07, 6.45) is 2.14. The van der Waals surface area contributed by atoms with Gasteiger partial charge in [0.1, 0.15) is 5.82 Å². The van der Waals surface area contributed by atoms with E-state index in [4.69, 9.17) is 5.26 Å². The van der Waals surface area contributed by atoms with Gasteiger partial charge in [-0.05, 0) is 43.3 Å². The number of nitro benzene ring substituents is 1. The van der Waals surface area contributed by atoms with Crippen LogP contribution >= 0.6 is 11.8 Å². The van der Waals surface area contributed by atoms with Crippen molar-refractivity contribution < 1.29 is 4.92 Å².